The fraction of sp³-hybridized carbons (Fsp3) is 0. The molecule has 0 saturated heterocycles. The monoisotopic (exact) mass is 402 g/mol. The van der Waals surface area contributed by atoms with Crippen molar-refractivity contribution in [1.29, 1.82) is 0 Å². The number of halogens is 2. The van der Waals surface area contributed by atoms with Crippen LogP contribution in [-0.2, 0) is 0 Å². The summed E-state index contributed by atoms with van der Waals surface area (Å²) in [6, 6.07) is 21.6. The van der Waals surface area contributed by atoms with Gasteiger partial charge in [-0.15, -0.1) is 24.0 Å². The number of thiol groups is 1. The van der Waals surface area contributed by atoms with Crippen LogP contribution in [0.3, 0.4) is 0 Å². The van der Waals surface area contributed by atoms with Gasteiger partial charge in [0, 0.05) is 15.5 Å². The second-order valence-corrected chi connectivity index (χ2v) is 8.12. The van der Waals surface area contributed by atoms with Crippen LogP contribution in [0.2, 0.25) is 9.36 Å². The standard InChI is InChI=1S/C19H12Cl2N2S2/c20-13-3-1-12(2-4-13)17-11-16(18-9-10-19(21)25-18)22-23(17)14-5-7-15(24)8-6-14/h1-11,24H. The van der Waals surface area contributed by atoms with Crippen molar-refractivity contribution in [2.45, 2.75) is 4.90 Å². The van der Waals surface area contributed by atoms with Crippen molar-refractivity contribution in [1.82, 2.24) is 9.78 Å². The lowest BCUT2D eigenvalue weighted by molar-refractivity contribution is 0.891. The molecular formula is C19H12Cl2N2S2. The van der Waals surface area contributed by atoms with E-state index in [2.05, 4.69) is 18.7 Å². The van der Waals surface area contributed by atoms with Crippen LogP contribution in [0.1, 0.15) is 0 Å². The zero-order chi connectivity index (χ0) is 17.4. The maximum absolute atomic E-state index is 6.09. The Labute approximate surface area is 165 Å². The molecule has 0 N–H and O–H groups in total. The molecule has 6 heteroatoms. The van der Waals surface area contributed by atoms with Gasteiger partial charge >= 0.3 is 0 Å². The normalized spacial score (nSPS) is 11.0. The van der Waals surface area contributed by atoms with Crippen LogP contribution in [-0.4, -0.2) is 9.78 Å². The Balaban J connectivity index is 1.89. The van der Waals surface area contributed by atoms with Crippen LogP contribution in [0, 0.1) is 0 Å². The molecule has 0 amide bonds. The molecule has 25 heavy (non-hydrogen) atoms. The second-order valence-electron chi connectivity index (χ2n) is 5.45. The van der Waals surface area contributed by atoms with Crippen molar-refractivity contribution in [3.05, 3.63) is 76.1 Å². The van der Waals surface area contributed by atoms with Crippen LogP contribution in [0.4, 0.5) is 0 Å². The molecule has 0 spiro atoms. The van der Waals surface area contributed by atoms with Gasteiger partial charge < -0.3 is 0 Å². The largest absolute Gasteiger partial charge is 0.232 e. The minimum absolute atomic E-state index is 0.708. The molecule has 0 fully saturated rings. The highest BCUT2D eigenvalue weighted by Crippen LogP contribution is 2.34. The summed E-state index contributed by atoms with van der Waals surface area (Å²) in [5, 5.41) is 5.51. The van der Waals surface area contributed by atoms with Gasteiger partial charge in [0.15, 0.2) is 0 Å². The molecule has 0 bridgehead atoms. The van der Waals surface area contributed by atoms with Crippen LogP contribution < -0.4 is 0 Å². The third-order valence-electron chi connectivity index (χ3n) is 3.77. The summed E-state index contributed by atoms with van der Waals surface area (Å²) >= 11 is 18.0. The zero-order valence-corrected chi connectivity index (χ0v) is 16.1. The van der Waals surface area contributed by atoms with E-state index in [4.69, 9.17) is 28.3 Å². The number of benzene rings is 2. The van der Waals surface area contributed by atoms with Crippen LogP contribution >= 0.6 is 47.2 Å². The lowest BCUT2D eigenvalue weighted by Crippen LogP contribution is -1.98. The number of rotatable bonds is 3. The van der Waals surface area contributed by atoms with Gasteiger partial charge in [-0.25, -0.2) is 4.68 Å². The third-order valence-corrected chi connectivity index (χ3v) is 5.57. The highest BCUT2D eigenvalue weighted by atomic mass is 35.5. The number of aromatic nitrogens is 2. The molecule has 0 radical (unpaired) electrons. The average molecular weight is 403 g/mol. The predicted octanol–water partition coefficient (Wildman–Crippen LogP) is 6.86. The molecule has 0 aliphatic heterocycles. The SMILES string of the molecule is Sc1ccc(-n2nc(-c3ccc(Cl)s3)cc2-c2ccc(Cl)cc2)cc1. The molecule has 2 nitrogen and oxygen atoms in total. The van der Waals surface area contributed by atoms with E-state index in [1.807, 2.05) is 65.3 Å². The second kappa shape index (κ2) is 6.89. The molecule has 0 saturated carbocycles. The maximum atomic E-state index is 6.09. The summed E-state index contributed by atoms with van der Waals surface area (Å²) in [6.07, 6.45) is 0. The molecule has 4 aromatic rings. The Morgan fingerprint density at radius 1 is 0.880 bits per heavy atom. The summed E-state index contributed by atoms with van der Waals surface area (Å²) in [5.41, 5.74) is 3.89. The van der Waals surface area contributed by atoms with Gasteiger partial charge in [-0.1, -0.05) is 35.3 Å². The van der Waals surface area contributed by atoms with Gasteiger partial charge in [0.05, 0.1) is 20.6 Å². The fourth-order valence-electron chi connectivity index (χ4n) is 2.57. The molecule has 2 aromatic heterocycles. The van der Waals surface area contributed by atoms with E-state index in [0.717, 1.165) is 36.7 Å². The summed E-state index contributed by atoms with van der Waals surface area (Å²) in [4.78, 5) is 1.94. The van der Waals surface area contributed by atoms with Gasteiger partial charge in [0.25, 0.3) is 0 Å². The topological polar surface area (TPSA) is 17.8 Å². The van der Waals surface area contributed by atoms with Crippen LogP contribution in [0.25, 0.3) is 27.5 Å². The Kier molecular flexibility index (Phi) is 4.61. The highest BCUT2D eigenvalue weighted by molar-refractivity contribution is 7.80. The van der Waals surface area contributed by atoms with Gasteiger partial charge in [-0.3, -0.25) is 0 Å². The summed E-state index contributed by atoms with van der Waals surface area (Å²) < 4.78 is 2.68. The van der Waals surface area contributed by atoms with Crippen molar-refractivity contribution in [2.24, 2.45) is 0 Å². The highest BCUT2D eigenvalue weighted by Gasteiger charge is 2.14. The Morgan fingerprint density at radius 2 is 1.60 bits per heavy atom. The van der Waals surface area contributed by atoms with Gasteiger partial charge in [0.1, 0.15) is 5.69 Å². The Morgan fingerprint density at radius 3 is 2.24 bits per heavy atom. The van der Waals surface area contributed by atoms with E-state index in [9.17, 15) is 0 Å². The van der Waals surface area contributed by atoms with Crippen molar-refractivity contribution < 1.29 is 0 Å². The Hall–Kier alpha value is -1.72. The predicted molar refractivity (Wildman–Crippen MR) is 110 cm³/mol. The van der Waals surface area contributed by atoms with E-state index in [1.54, 1.807) is 0 Å². The van der Waals surface area contributed by atoms with Crippen molar-refractivity contribution in [3.8, 4) is 27.5 Å². The number of nitrogens with zero attached hydrogens (tertiary/aromatic N) is 2. The molecule has 2 heterocycles. The van der Waals surface area contributed by atoms with Crippen molar-refractivity contribution >= 4 is 47.2 Å². The number of hydrogen-bond donors (Lipinski definition) is 1. The smallest absolute Gasteiger partial charge is 0.103 e. The van der Waals surface area contributed by atoms with Gasteiger partial charge in [0.2, 0.25) is 0 Å². The van der Waals surface area contributed by atoms with Crippen molar-refractivity contribution in [3.63, 3.8) is 0 Å². The molecule has 0 unspecified atom stereocenters. The first-order valence-electron chi connectivity index (χ1n) is 7.51. The van der Waals surface area contributed by atoms with Crippen molar-refractivity contribution in [2.75, 3.05) is 0 Å². The van der Waals surface area contributed by atoms with Crippen LogP contribution in [0.15, 0.2) is 71.6 Å². The molecule has 0 aliphatic rings. The van der Waals surface area contributed by atoms with E-state index in [0.29, 0.717) is 5.02 Å². The quantitative estimate of drug-likeness (QED) is 0.370. The summed E-state index contributed by atoms with van der Waals surface area (Å²) in [7, 11) is 0. The minimum atomic E-state index is 0.708. The molecular weight excluding hydrogens is 391 g/mol. The Bertz CT molecular complexity index is 956. The van der Waals surface area contributed by atoms with E-state index in [-0.39, 0.29) is 0 Å². The summed E-state index contributed by atoms with van der Waals surface area (Å²) in [6.45, 7) is 0. The molecule has 0 aliphatic carbocycles. The average Bonchev–Trinajstić information content (AvgIpc) is 3.23. The summed E-state index contributed by atoms with van der Waals surface area (Å²) in [5.74, 6) is 0. The maximum Gasteiger partial charge on any atom is 0.103 e. The lowest BCUT2D eigenvalue weighted by Gasteiger charge is -2.08. The van der Waals surface area contributed by atoms with E-state index < -0.39 is 0 Å². The molecule has 124 valence electrons. The third kappa shape index (κ3) is 3.48. The van der Waals surface area contributed by atoms with Gasteiger partial charge in [-0.05, 0) is 54.6 Å². The fourth-order valence-corrected chi connectivity index (χ4v) is 3.84. The van der Waals surface area contributed by atoms with E-state index in [1.165, 1.54) is 11.3 Å². The van der Waals surface area contributed by atoms with E-state index >= 15 is 0 Å². The first-order chi connectivity index (χ1) is 12.1. The zero-order valence-electron chi connectivity index (χ0n) is 12.9. The number of thiophene rings is 1. The minimum Gasteiger partial charge on any atom is -0.232 e. The van der Waals surface area contributed by atoms with Crippen LogP contribution in [0.5, 0.6) is 0 Å². The number of hydrogen-bond acceptors (Lipinski definition) is 3. The molecule has 4 rings (SSSR count). The lowest BCUT2D eigenvalue weighted by atomic mass is 10.1. The van der Waals surface area contributed by atoms with Gasteiger partial charge in [-0.2, -0.15) is 5.10 Å². The molecule has 0 atom stereocenters. The first-order valence-corrected chi connectivity index (χ1v) is 9.53. The molecule has 2 aromatic carbocycles. The first kappa shape index (κ1) is 16.7.